The van der Waals surface area contributed by atoms with Crippen molar-refractivity contribution in [2.45, 2.75) is 26.3 Å². The summed E-state index contributed by atoms with van der Waals surface area (Å²) in [7, 11) is 0. The molecule has 6 heteroatoms. The molecule has 0 aliphatic rings. The first-order chi connectivity index (χ1) is 9.60. The Morgan fingerprint density at radius 3 is 2.80 bits per heavy atom. The van der Waals surface area contributed by atoms with Gasteiger partial charge in [0, 0.05) is 0 Å². The first-order valence-corrected chi connectivity index (χ1v) is 7.20. The number of carbonyl (C=O) groups excluding carboxylic acids is 2. The molecular weight excluding hydrogens is 276 g/mol. The van der Waals surface area contributed by atoms with E-state index in [1.807, 2.05) is 24.3 Å². The highest BCUT2D eigenvalue weighted by atomic mass is 32.1. The van der Waals surface area contributed by atoms with E-state index in [0.717, 1.165) is 10.2 Å². The van der Waals surface area contributed by atoms with Crippen LogP contribution < -0.4 is 5.32 Å². The van der Waals surface area contributed by atoms with Crippen molar-refractivity contribution < 1.29 is 14.3 Å². The molecule has 0 radical (unpaired) electrons. The number of nitrogens with one attached hydrogen (secondary N) is 1. The molecule has 0 bridgehead atoms. The Balaban J connectivity index is 2.11. The van der Waals surface area contributed by atoms with E-state index in [-0.39, 0.29) is 18.2 Å². The molecule has 0 aliphatic heterocycles. The van der Waals surface area contributed by atoms with Crippen LogP contribution in [0.2, 0.25) is 0 Å². The minimum atomic E-state index is -0.602. The van der Waals surface area contributed by atoms with Crippen molar-refractivity contribution in [3.63, 3.8) is 0 Å². The Kier molecular flexibility index (Phi) is 4.68. The number of Topliss-reactive ketones (excluding diaryl/α,β-unsaturated/α-hetero) is 1. The van der Waals surface area contributed by atoms with E-state index in [2.05, 4.69) is 10.3 Å². The summed E-state index contributed by atoms with van der Waals surface area (Å²) in [5, 5.41) is 3.65. The summed E-state index contributed by atoms with van der Waals surface area (Å²) >= 11 is 1.46. The average Bonchev–Trinajstić information content (AvgIpc) is 2.80. The minimum absolute atomic E-state index is 0.0130. The Morgan fingerprint density at radius 2 is 2.15 bits per heavy atom. The first-order valence-electron chi connectivity index (χ1n) is 6.38. The third-order valence-corrected chi connectivity index (χ3v) is 3.73. The molecule has 1 aromatic carbocycles. The molecule has 1 atom stereocenters. The molecule has 20 heavy (non-hydrogen) atoms. The molecule has 106 valence electrons. The van der Waals surface area contributed by atoms with E-state index in [1.165, 1.54) is 18.3 Å². The molecule has 5 nitrogen and oxygen atoms in total. The quantitative estimate of drug-likeness (QED) is 0.829. The third kappa shape index (κ3) is 3.54. The molecule has 2 aromatic rings. The standard InChI is InChI=1S/C14H16N2O3S/c1-3-19-13(18)8-11(9(2)17)16-14-15-10-6-4-5-7-12(10)20-14/h4-7,11H,3,8H2,1-2H3,(H,15,16). The number of aromatic nitrogens is 1. The molecular formula is C14H16N2O3S. The number of para-hydroxylation sites is 1. The lowest BCUT2D eigenvalue weighted by Gasteiger charge is -2.13. The number of ether oxygens (including phenoxy) is 1. The number of fused-ring (bicyclic) bond motifs is 1. The van der Waals surface area contributed by atoms with Crippen molar-refractivity contribution >= 4 is 38.4 Å². The van der Waals surface area contributed by atoms with E-state index in [1.54, 1.807) is 6.92 Å². The van der Waals surface area contributed by atoms with Gasteiger partial charge in [0.25, 0.3) is 0 Å². The summed E-state index contributed by atoms with van der Waals surface area (Å²) in [5.74, 6) is -0.501. The van der Waals surface area contributed by atoms with Crippen LogP contribution in [0.15, 0.2) is 24.3 Å². The van der Waals surface area contributed by atoms with Gasteiger partial charge < -0.3 is 10.1 Å². The molecule has 1 N–H and O–H groups in total. The molecule has 0 amide bonds. The van der Waals surface area contributed by atoms with Crippen LogP contribution in [0, 0.1) is 0 Å². The fourth-order valence-corrected chi connectivity index (χ4v) is 2.68. The van der Waals surface area contributed by atoms with Gasteiger partial charge in [0.1, 0.15) is 0 Å². The topological polar surface area (TPSA) is 68.3 Å². The number of carbonyl (C=O) groups is 2. The van der Waals surface area contributed by atoms with Crippen LogP contribution in [0.4, 0.5) is 5.13 Å². The lowest BCUT2D eigenvalue weighted by atomic mass is 10.1. The summed E-state index contributed by atoms with van der Waals surface area (Å²) in [6.07, 6.45) is 0.0130. The number of rotatable bonds is 6. The van der Waals surface area contributed by atoms with E-state index in [0.29, 0.717) is 11.7 Å². The minimum Gasteiger partial charge on any atom is -0.466 e. The predicted molar refractivity (Wildman–Crippen MR) is 79.0 cm³/mol. The predicted octanol–water partition coefficient (Wildman–Crippen LogP) is 2.62. The second kappa shape index (κ2) is 6.47. The smallest absolute Gasteiger partial charge is 0.308 e. The van der Waals surface area contributed by atoms with Crippen molar-refractivity contribution in [3.8, 4) is 0 Å². The average molecular weight is 292 g/mol. The van der Waals surface area contributed by atoms with Crippen LogP contribution in [-0.2, 0) is 14.3 Å². The van der Waals surface area contributed by atoms with Gasteiger partial charge in [0.15, 0.2) is 10.9 Å². The highest BCUT2D eigenvalue weighted by molar-refractivity contribution is 7.22. The molecule has 0 saturated heterocycles. The maximum absolute atomic E-state index is 11.6. The monoisotopic (exact) mass is 292 g/mol. The Bertz CT molecular complexity index is 591. The van der Waals surface area contributed by atoms with Gasteiger partial charge in [-0.3, -0.25) is 9.59 Å². The van der Waals surface area contributed by atoms with Gasteiger partial charge in [-0.05, 0) is 26.0 Å². The lowest BCUT2D eigenvalue weighted by molar-refractivity contribution is -0.144. The van der Waals surface area contributed by atoms with Crippen LogP contribution in [0.25, 0.3) is 10.2 Å². The van der Waals surface area contributed by atoms with Gasteiger partial charge in [0.05, 0.1) is 29.3 Å². The van der Waals surface area contributed by atoms with Gasteiger partial charge in [-0.15, -0.1) is 0 Å². The summed E-state index contributed by atoms with van der Waals surface area (Å²) in [6, 6.07) is 7.12. The Morgan fingerprint density at radius 1 is 1.40 bits per heavy atom. The maximum Gasteiger partial charge on any atom is 0.308 e. The molecule has 1 unspecified atom stereocenters. The number of hydrogen-bond donors (Lipinski definition) is 1. The molecule has 0 spiro atoms. The fraction of sp³-hybridized carbons (Fsp3) is 0.357. The van der Waals surface area contributed by atoms with Crippen LogP contribution in [-0.4, -0.2) is 29.4 Å². The largest absolute Gasteiger partial charge is 0.466 e. The Labute approximate surface area is 121 Å². The normalized spacial score (nSPS) is 12.1. The van der Waals surface area contributed by atoms with Crippen molar-refractivity contribution in [3.05, 3.63) is 24.3 Å². The van der Waals surface area contributed by atoms with Crippen molar-refractivity contribution in [1.82, 2.24) is 4.98 Å². The van der Waals surface area contributed by atoms with E-state index in [4.69, 9.17) is 4.74 Å². The van der Waals surface area contributed by atoms with Gasteiger partial charge >= 0.3 is 5.97 Å². The number of hydrogen-bond acceptors (Lipinski definition) is 6. The Hall–Kier alpha value is -1.95. The molecule has 2 rings (SSSR count). The number of benzene rings is 1. The number of esters is 1. The third-order valence-electron chi connectivity index (χ3n) is 2.76. The van der Waals surface area contributed by atoms with Gasteiger partial charge in [-0.25, -0.2) is 4.98 Å². The van der Waals surface area contributed by atoms with Crippen molar-refractivity contribution in [2.75, 3.05) is 11.9 Å². The van der Waals surface area contributed by atoms with Gasteiger partial charge in [0.2, 0.25) is 0 Å². The van der Waals surface area contributed by atoms with Gasteiger partial charge in [-0.2, -0.15) is 0 Å². The van der Waals surface area contributed by atoms with Crippen molar-refractivity contribution in [2.24, 2.45) is 0 Å². The lowest BCUT2D eigenvalue weighted by Crippen LogP contribution is -2.30. The molecule has 0 aliphatic carbocycles. The zero-order chi connectivity index (χ0) is 14.5. The van der Waals surface area contributed by atoms with E-state index in [9.17, 15) is 9.59 Å². The maximum atomic E-state index is 11.6. The molecule has 1 aromatic heterocycles. The second-order valence-corrected chi connectivity index (χ2v) is 5.33. The van der Waals surface area contributed by atoms with Crippen LogP contribution >= 0.6 is 11.3 Å². The highest BCUT2D eigenvalue weighted by Crippen LogP contribution is 2.26. The second-order valence-electron chi connectivity index (χ2n) is 4.30. The van der Waals surface area contributed by atoms with Crippen LogP contribution in [0.3, 0.4) is 0 Å². The number of ketones is 1. The van der Waals surface area contributed by atoms with Crippen LogP contribution in [0.1, 0.15) is 20.3 Å². The molecule has 0 fully saturated rings. The summed E-state index contributed by atoms with van der Waals surface area (Å²) in [5.41, 5.74) is 0.874. The van der Waals surface area contributed by atoms with E-state index < -0.39 is 6.04 Å². The molecule has 1 heterocycles. The summed E-state index contributed by atoms with van der Waals surface area (Å²) < 4.78 is 5.91. The fourth-order valence-electron chi connectivity index (χ4n) is 1.77. The number of nitrogens with zero attached hydrogens (tertiary/aromatic N) is 1. The number of anilines is 1. The number of thiazole rings is 1. The highest BCUT2D eigenvalue weighted by Gasteiger charge is 2.20. The zero-order valence-corrected chi connectivity index (χ0v) is 12.2. The summed E-state index contributed by atoms with van der Waals surface area (Å²) in [6.45, 7) is 3.50. The van der Waals surface area contributed by atoms with Crippen molar-refractivity contribution in [1.29, 1.82) is 0 Å². The van der Waals surface area contributed by atoms with E-state index >= 15 is 0 Å². The zero-order valence-electron chi connectivity index (χ0n) is 11.4. The SMILES string of the molecule is CCOC(=O)CC(Nc1nc2ccccc2s1)C(C)=O. The first kappa shape index (κ1) is 14.5. The summed E-state index contributed by atoms with van der Waals surface area (Å²) in [4.78, 5) is 27.5. The van der Waals surface area contributed by atoms with Gasteiger partial charge in [-0.1, -0.05) is 23.5 Å². The molecule has 0 saturated carbocycles. The van der Waals surface area contributed by atoms with Crippen LogP contribution in [0.5, 0.6) is 0 Å².